The molecule has 0 spiro atoms. The molecular formula is C31H43NO4. The van der Waals surface area contributed by atoms with Gasteiger partial charge in [0.1, 0.15) is 0 Å². The molecule has 0 aromatic heterocycles. The topological polar surface area (TPSA) is 83.5 Å². The largest absolute Gasteiger partial charge is 0.396 e. The van der Waals surface area contributed by atoms with Gasteiger partial charge in [-0.25, -0.2) is 0 Å². The molecule has 1 aromatic rings. The molecule has 0 saturated carbocycles. The predicted octanol–water partition coefficient (Wildman–Crippen LogP) is 6.67. The molecule has 0 radical (unpaired) electrons. The van der Waals surface area contributed by atoms with Crippen LogP contribution in [0, 0.1) is 0 Å². The number of fused-ring (bicyclic) bond motifs is 1. The average molecular weight is 494 g/mol. The van der Waals surface area contributed by atoms with Gasteiger partial charge in [-0.2, -0.15) is 0 Å². The van der Waals surface area contributed by atoms with Crippen molar-refractivity contribution in [1.29, 1.82) is 0 Å². The summed E-state index contributed by atoms with van der Waals surface area (Å²) in [5.41, 5.74) is 3.96. The van der Waals surface area contributed by atoms with Crippen LogP contribution in [0.5, 0.6) is 0 Å². The Kier molecular flexibility index (Phi) is 13.1. The number of hydrogen-bond donors (Lipinski definition) is 2. The molecule has 2 N–H and O–H groups in total. The van der Waals surface area contributed by atoms with Crippen molar-refractivity contribution in [3.05, 3.63) is 69.8 Å². The van der Waals surface area contributed by atoms with Crippen molar-refractivity contribution in [2.45, 2.75) is 91.4 Å². The Hall–Kier alpha value is -2.79. The fraction of sp³-hybridized carbons (Fsp3) is 0.516. The Bertz CT molecular complexity index is 1000. The number of allylic oxidation sites excluding steroid dienone is 5. The van der Waals surface area contributed by atoms with Crippen molar-refractivity contribution < 1.29 is 19.5 Å². The van der Waals surface area contributed by atoms with E-state index in [0.717, 1.165) is 49.7 Å². The van der Waals surface area contributed by atoms with E-state index in [1.54, 1.807) is 31.2 Å². The molecule has 5 heteroatoms. The molecule has 0 unspecified atom stereocenters. The Morgan fingerprint density at radius 2 is 1.44 bits per heavy atom. The summed E-state index contributed by atoms with van der Waals surface area (Å²) in [5, 5.41) is 11.8. The number of Topliss-reactive ketones (excluding diaryl/α,β-unsaturated/α-hetero) is 2. The van der Waals surface area contributed by atoms with Crippen molar-refractivity contribution in [3.8, 4) is 0 Å². The first-order chi connectivity index (χ1) is 17.4. The van der Waals surface area contributed by atoms with Gasteiger partial charge >= 0.3 is 0 Å². The summed E-state index contributed by atoms with van der Waals surface area (Å²) in [5.74, 6) is -0.131. The summed E-state index contributed by atoms with van der Waals surface area (Å²) in [7, 11) is 0. The third kappa shape index (κ3) is 9.34. The van der Waals surface area contributed by atoms with Gasteiger partial charge in [0.2, 0.25) is 5.91 Å². The lowest BCUT2D eigenvalue weighted by Crippen LogP contribution is -2.25. The summed E-state index contributed by atoms with van der Waals surface area (Å²) in [6.07, 6.45) is 15.0. The van der Waals surface area contributed by atoms with E-state index in [1.807, 2.05) is 26.0 Å². The standard InChI is InChI=1S/C31H43NO4/c1-23(19-20-26-25(3)29(34)27-17-10-11-18-28(27)30(26)35)15-14-16-24(2)31(36)32-21-12-8-6-4-5-7-9-13-22-33/h10-11,16-19,33H,4-9,12-15,20-22H2,1-3H3,(H,32,36)/b23-19+,24-16+. The molecule has 0 atom stereocenters. The van der Waals surface area contributed by atoms with Crippen LogP contribution in [0.15, 0.2) is 58.7 Å². The molecule has 1 aromatic carbocycles. The number of ketones is 2. The van der Waals surface area contributed by atoms with Gasteiger partial charge in [-0.15, -0.1) is 0 Å². The van der Waals surface area contributed by atoms with Crippen LogP contribution < -0.4 is 5.32 Å². The zero-order valence-electron chi connectivity index (χ0n) is 22.3. The van der Waals surface area contributed by atoms with E-state index in [9.17, 15) is 14.4 Å². The summed E-state index contributed by atoms with van der Waals surface area (Å²) < 4.78 is 0. The number of unbranched alkanes of at least 4 members (excludes halogenated alkanes) is 7. The van der Waals surface area contributed by atoms with Gasteiger partial charge in [0, 0.05) is 41.0 Å². The zero-order chi connectivity index (χ0) is 26.3. The maximum Gasteiger partial charge on any atom is 0.246 e. The normalized spacial score (nSPS) is 14.3. The smallest absolute Gasteiger partial charge is 0.246 e. The Morgan fingerprint density at radius 1 is 0.861 bits per heavy atom. The first-order valence-corrected chi connectivity index (χ1v) is 13.5. The van der Waals surface area contributed by atoms with Crippen molar-refractivity contribution >= 4 is 17.5 Å². The van der Waals surface area contributed by atoms with Crippen molar-refractivity contribution in [2.24, 2.45) is 0 Å². The van der Waals surface area contributed by atoms with E-state index in [2.05, 4.69) is 5.32 Å². The maximum atomic E-state index is 12.9. The van der Waals surface area contributed by atoms with Crippen molar-refractivity contribution in [2.75, 3.05) is 13.2 Å². The van der Waals surface area contributed by atoms with Crippen LogP contribution in [-0.4, -0.2) is 35.7 Å². The predicted molar refractivity (Wildman–Crippen MR) is 146 cm³/mol. The fourth-order valence-corrected chi connectivity index (χ4v) is 4.42. The molecule has 2 rings (SSSR count). The first-order valence-electron chi connectivity index (χ1n) is 13.5. The number of carbonyl (C=O) groups excluding carboxylic acids is 3. The number of benzene rings is 1. The van der Waals surface area contributed by atoms with E-state index >= 15 is 0 Å². The summed E-state index contributed by atoms with van der Waals surface area (Å²) >= 11 is 0. The van der Waals surface area contributed by atoms with Gasteiger partial charge in [0.05, 0.1) is 0 Å². The SMILES string of the molecule is CC1=C(C/C=C(\C)CC/C=C(\C)C(=O)NCCCCCCCCCCO)C(=O)c2ccccc2C1=O. The van der Waals surface area contributed by atoms with Gasteiger partial charge in [-0.05, 0) is 52.9 Å². The van der Waals surface area contributed by atoms with Crippen LogP contribution in [0.25, 0.3) is 0 Å². The number of rotatable bonds is 16. The molecule has 36 heavy (non-hydrogen) atoms. The highest BCUT2D eigenvalue weighted by Gasteiger charge is 2.28. The lowest BCUT2D eigenvalue weighted by molar-refractivity contribution is -0.117. The number of aliphatic hydroxyl groups excluding tert-OH is 1. The monoisotopic (exact) mass is 493 g/mol. The minimum Gasteiger partial charge on any atom is -0.396 e. The van der Waals surface area contributed by atoms with Gasteiger partial charge in [0.25, 0.3) is 0 Å². The van der Waals surface area contributed by atoms with Crippen LogP contribution in [0.2, 0.25) is 0 Å². The molecule has 196 valence electrons. The lowest BCUT2D eigenvalue weighted by atomic mass is 9.83. The molecule has 1 aliphatic carbocycles. The lowest BCUT2D eigenvalue weighted by Gasteiger charge is -2.18. The van der Waals surface area contributed by atoms with E-state index < -0.39 is 0 Å². The van der Waals surface area contributed by atoms with Crippen molar-refractivity contribution in [3.63, 3.8) is 0 Å². The highest BCUT2D eigenvalue weighted by atomic mass is 16.3. The van der Waals surface area contributed by atoms with Gasteiger partial charge in [0.15, 0.2) is 11.6 Å². The number of carbonyl (C=O) groups is 3. The van der Waals surface area contributed by atoms with Crippen LogP contribution in [-0.2, 0) is 4.79 Å². The van der Waals surface area contributed by atoms with Gasteiger partial charge < -0.3 is 10.4 Å². The van der Waals surface area contributed by atoms with Crippen LogP contribution in [0.4, 0.5) is 0 Å². The highest BCUT2D eigenvalue weighted by Crippen LogP contribution is 2.28. The second-order valence-electron chi connectivity index (χ2n) is 9.80. The quantitative estimate of drug-likeness (QED) is 0.153. The van der Waals surface area contributed by atoms with Crippen LogP contribution >= 0.6 is 0 Å². The van der Waals surface area contributed by atoms with Crippen molar-refractivity contribution in [1.82, 2.24) is 5.32 Å². The molecule has 0 saturated heterocycles. The molecule has 0 aliphatic heterocycles. The van der Waals surface area contributed by atoms with Gasteiger partial charge in [-0.3, -0.25) is 14.4 Å². The first kappa shape index (κ1) is 29.4. The van der Waals surface area contributed by atoms with E-state index in [0.29, 0.717) is 41.8 Å². The maximum absolute atomic E-state index is 12.9. The number of aliphatic hydroxyl groups is 1. The summed E-state index contributed by atoms with van der Waals surface area (Å²) in [6, 6.07) is 7.01. The number of amides is 1. The second-order valence-corrected chi connectivity index (χ2v) is 9.80. The number of hydrogen-bond acceptors (Lipinski definition) is 4. The average Bonchev–Trinajstić information content (AvgIpc) is 2.88. The molecule has 0 bridgehead atoms. The molecule has 0 heterocycles. The molecule has 1 aliphatic rings. The summed E-state index contributed by atoms with van der Waals surface area (Å²) in [4.78, 5) is 37.8. The Balaban J connectivity index is 1.69. The Morgan fingerprint density at radius 3 is 2.08 bits per heavy atom. The zero-order valence-corrected chi connectivity index (χ0v) is 22.3. The second kappa shape index (κ2) is 16.1. The molecular weight excluding hydrogens is 450 g/mol. The van der Waals surface area contributed by atoms with E-state index in [4.69, 9.17) is 5.11 Å². The summed E-state index contributed by atoms with van der Waals surface area (Å²) in [6.45, 7) is 6.61. The molecule has 0 fully saturated rings. The third-order valence-corrected chi connectivity index (χ3v) is 6.86. The number of nitrogens with one attached hydrogen (secondary N) is 1. The third-order valence-electron chi connectivity index (χ3n) is 6.86. The van der Waals surface area contributed by atoms with Crippen LogP contribution in [0.1, 0.15) is 112 Å². The minimum atomic E-state index is -0.0648. The van der Waals surface area contributed by atoms with E-state index in [-0.39, 0.29) is 17.5 Å². The van der Waals surface area contributed by atoms with Crippen LogP contribution in [0.3, 0.4) is 0 Å². The highest BCUT2D eigenvalue weighted by molar-refractivity contribution is 6.26. The van der Waals surface area contributed by atoms with E-state index in [1.165, 1.54) is 25.7 Å². The minimum absolute atomic E-state index is 0.00797. The Labute approximate surface area is 216 Å². The van der Waals surface area contributed by atoms with Gasteiger partial charge in [-0.1, -0.05) is 80.5 Å². The molecule has 1 amide bonds. The molecule has 5 nitrogen and oxygen atoms in total. The fourth-order valence-electron chi connectivity index (χ4n) is 4.42.